The van der Waals surface area contributed by atoms with Gasteiger partial charge in [-0.15, -0.1) is 0 Å². The van der Waals surface area contributed by atoms with Gasteiger partial charge < -0.3 is 39.4 Å². The van der Waals surface area contributed by atoms with E-state index in [1.165, 1.54) is 13.8 Å². The summed E-state index contributed by atoms with van der Waals surface area (Å²) >= 11 is 0. The molecule has 0 aliphatic carbocycles. The van der Waals surface area contributed by atoms with Crippen LogP contribution in [0, 0.1) is 0 Å². The number of benzene rings is 2. The molecule has 0 atom stereocenters. The molecule has 0 aliphatic rings. The van der Waals surface area contributed by atoms with Gasteiger partial charge in [-0.3, -0.25) is 0 Å². The molecule has 0 unspecified atom stereocenters. The van der Waals surface area contributed by atoms with Gasteiger partial charge in [0.15, 0.2) is 0 Å². The molecule has 0 heterocycles. The van der Waals surface area contributed by atoms with Crippen molar-refractivity contribution in [1.82, 2.24) is 0 Å². The van der Waals surface area contributed by atoms with Gasteiger partial charge in [0.2, 0.25) is 0 Å². The van der Waals surface area contributed by atoms with E-state index >= 15 is 0 Å². The average molecular weight is 577 g/mol. The highest BCUT2D eigenvalue weighted by molar-refractivity contribution is 5.86. The molecule has 0 saturated heterocycles. The summed E-state index contributed by atoms with van der Waals surface area (Å²) < 4.78 is 19.9. The molecule has 0 amide bonds. The maximum atomic E-state index is 10.5. The summed E-state index contributed by atoms with van der Waals surface area (Å²) in [5, 5.41) is 35.8. The van der Waals surface area contributed by atoms with Crippen LogP contribution >= 0.6 is 0 Å². The first-order valence-corrected chi connectivity index (χ1v) is 13.2. The lowest BCUT2D eigenvalue weighted by Crippen LogP contribution is -2.18. The van der Waals surface area contributed by atoms with E-state index in [-0.39, 0.29) is 40.0 Å². The summed E-state index contributed by atoms with van der Waals surface area (Å²) in [5.41, 5.74) is 2.29. The van der Waals surface area contributed by atoms with Gasteiger partial charge >= 0.3 is 11.9 Å². The standard InChI is InChI=1S/C15H16O2.2C8H14O4/c1-15(2,11-3-7-13(16)8-4-11)12-5-9-14(17)10-6-12;2*1-4-11-8(12-5-2)6(3)7(9)10/h3-10,16-17H,1-2H3;2*4-5H2,1-3H3,(H,9,10). The van der Waals surface area contributed by atoms with Gasteiger partial charge in [-0.05, 0) is 76.9 Å². The fourth-order valence-electron chi connectivity index (χ4n) is 3.14. The van der Waals surface area contributed by atoms with Gasteiger partial charge in [0.25, 0.3) is 11.9 Å². The van der Waals surface area contributed by atoms with E-state index in [0.29, 0.717) is 26.4 Å². The third-order valence-corrected chi connectivity index (χ3v) is 5.53. The number of rotatable bonds is 12. The van der Waals surface area contributed by atoms with Crippen molar-refractivity contribution in [3.8, 4) is 11.5 Å². The number of aliphatic carboxylic acids is 2. The van der Waals surface area contributed by atoms with Crippen LogP contribution < -0.4 is 0 Å². The van der Waals surface area contributed by atoms with Crippen molar-refractivity contribution in [1.29, 1.82) is 0 Å². The van der Waals surface area contributed by atoms with Gasteiger partial charge in [0.1, 0.15) is 22.6 Å². The number of carbonyl (C=O) groups is 2. The molecule has 2 aromatic carbocycles. The first kappa shape index (κ1) is 36.7. The molecule has 0 fully saturated rings. The lowest BCUT2D eigenvalue weighted by atomic mass is 9.78. The summed E-state index contributed by atoms with van der Waals surface area (Å²) in [5.74, 6) is -1.29. The fraction of sp³-hybridized carbons (Fsp3) is 0.419. The zero-order valence-electron chi connectivity index (χ0n) is 25.2. The van der Waals surface area contributed by atoms with Crippen molar-refractivity contribution < 1.29 is 49.0 Å². The van der Waals surface area contributed by atoms with Crippen LogP contribution in [0.5, 0.6) is 11.5 Å². The molecule has 0 spiro atoms. The lowest BCUT2D eigenvalue weighted by molar-refractivity contribution is -0.134. The molecule has 10 nitrogen and oxygen atoms in total. The van der Waals surface area contributed by atoms with Gasteiger partial charge in [-0.25, -0.2) is 9.59 Å². The Labute approximate surface area is 242 Å². The largest absolute Gasteiger partial charge is 0.508 e. The van der Waals surface area contributed by atoms with Crippen molar-refractivity contribution in [3.63, 3.8) is 0 Å². The number of carboxylic acid groups (broad SMARTS) is 2. The molecule has 10 heteroatoms. The Kier molecular flexibility index (Phi) is 16.9. The van der Waals surface area contributed by atoms with E-state index in [2.05, 4.69) is 13.8 Å². The number of hydrogen-bond donors (Lipinski definition) is 4. The van der Waals surface area contributed by atoms with Crippen LogP contribution in [0.1, 0.15) is 66.5 Å². The van der Waals surface area contributed by atoms with Crippen molar-refractivity contribution in [2.75, 3.05) is 26.4 Å². The lowest BCUT2D eigenvalue weighted by Gasteiger charge is -2.26. The Hall–Kier alpha value is -4.34. The smallest absolute Gasteiger partial charge is 0.338 e. The number of phenolic OH excluding ortho intramolecular Hbond substituents is 2. The molecule has 2 rings (SSSR count). The van der Waals surface area contributed by atoms with Crippen molar-refractivity contribution in [2.24, 2.45) is 0 Å². The molecule has 41 heavy (non-hydrogen) atoms. The normalized spacial score (nSPS) is 9.95. The van der Waals surface area contributed by atoms with Gasteiger partial charge in [-0.1, -0.05) is 38.1 Å². The average Bonchev–Trinajstić information content (AvgIpc) is 2.93. The number of aromatic hydroxyl groups is 2. The molecular weight excluding hydrogens is 532 g/mol. The maximum absolute atomic E-state index is 10.5. The van der Waals surface area contributed by atoms with Crippen LogP contribution in [0.4, 0.5) is 0 Å². The summed E-state index contributed by atoms with van der Waals surface area (Å²) in [4.78, 5) is 20.9. The van der Waals surface area contributed by atoms with E-state index in [1.54, 1.807) is 52.0 Å². The maximum Gasteiger partial charge on any atom is 0.338 e. The van der Waals surface area contributed by atoms with E-state index in [0.717, 1.165) is 11.1 Å². The van der Waals surface area contributed by atoms with Crippen molar-refractivity contribution in [3.05, 3.63) is 82.7 Å². The predicted molar refractivity (Wildman–Crippen MR) is 156 cm³/mol. The molecule has 0 aromatic heterocycles. The summed E-state index contributed by atoms with van der Waals surface area (Å²) in [6, 6.07) is 14.4. The highest BCUT2D eigenvalue weighted by Crippen LogP contribution is 2.32. The third-order valence-electron chi connectivity index (χ3n) is 5.53. The highest BCUT2D eigenvalue weighted by atomic mass is 16.7. The van der Waals surface area contributed by atoms with E-state index in [1.807, 2.05) is 24.3 Å². The topological polar surface area (TPSA) is 152 Å². The van der Waals surface area contributed by atoms with E-state index in [4.69, 9.17) is 29.2 Å². The first-order chi connectivity index (χ1) is 19.3. The van der Waals surface area contributed by atoms with Crippen LogP contribution in [-0.2, 0) is 34.0 Å². The Morgan fingerprint density at radius 1 is 0.585 bits per heavy atom. The fourth-order valence-corrected chi connectivity index (χ4v) is 3.14. The van der Waals surface area contributed by atoms with E-state index in [9.17, 15) is 19.8 Å². The van der Waals surface area contributed by atoms with Crippen LogP contribution in [0.25, 0.3) is 0 Å². The van der Waals surface area contributed by atoms with Crippen LogP contribution in [0.3, 0.4) is 0 Å². The van der Waals surface area contributed by atoms with Crippen molar-refractivity contribution in [2.45, 2.75) is 60.8 Å². The Bertz CT molecular complexity index is 1020. The molecule has 4 N–H and O–H groups in total. The zero-order valence-corrected chi connectivity index (χ0v) is 25.2. The van der Waals surface area contributed by atoms with Gasteiger partial charge in [0.05, 0.1) is 26.4 Å². The number of carboxylic acids is 2. The van der Waals surface area contributed by atoms with Gasteiger partial charge in [-0.2, -0.15) is 0 Å². The summed E-state index contributed by atoms with van der Waals surface area (Å²) in [7, 11) is 0. The minimum Gasteiger partial charge on any atom is -0.508 e. The highest BCUT2D eigenvalue weighted by Gasteiger charge is 2.22. The predicted octanol–water partition coefficient (Wildman–Crippen LogP) is 6.17. The second kappa shape index (κ2) is 18.9. The molecule has 0 bridgehead atoms. The SMILES string of the molecule is CC(C)(c1ccc(O)cc1)c1ccc(O)cc1.CCOC(OCC)=C(C)C(=O)O.CCOC(OCC)=C(C)C(=O)O. The molecule has 2 aromatic rings. The molecule has 0 saturated carbocycles. The van der Waals surface area contributed by atoms with Crippen LogP contribution in [0.15, 0.2) is 71.6 Å². The number of phenols is 2. The second-order valence-electron chi connectivity index (χ2n) is 8.89. The number of ether oxygens (including phenoxy) is 4. The van der Waals surface area contributed by atoms with E-state index < -0.39 is 11.9 Å². The number of hydrogen-bond acceptors (Lipinski definition) is 8. The minimum absolute atomic E-state index is 0.0960. The Morgan fingerprint density at radius 2 is 0.829 bits per heavy atom. The second-order valence-corrected chi connectivity index (χ2v) is 8.89. The monoisotopic (exact) mass is 576 g/mol. The molecule has 0 radical (unpaired) electrons. The zero-order chi connectivity index (χ0) is 31.6. The van der Waals surface area contributed by atoms with Crippen LogP contribution in [-0.4, -0.2) is 58.8 Å². The molecular formula is C31H44O10. The summed E-state index contributed by atoms with van der Waals surface area (Å²) in [6.45, 7) is 15.8. The first-order valence-electron chi connectivity index (χ1n) is 13.2. The summed E-state index contributed by atoms with van der Waals surface area (Å²) in [6.07, 6.45) is 0. The quantitative estimate of drug-likeness (QED) is 0.170. The minimum atomic E-state index is -1.02. The molecule has 228 valence electrons. The Morgan fingerprint density at radius 3 is 1.02 bits per heavy atom. The van der Waals surface area contributed by atoms with Gasteiger partial charge in [0, 0.05) is 5.41 Å². The molecule has 0 aliphatic heterocycles. The van der Waals surface area contributed by atoms with Crippen LogP contribution in [0.2, 0.25) is 0 Å². The Balaban J connectivity index is 0.000000603. The third kappa shape index (κ3) is 13.0. The van der Waals surface area contributed by atoms with Crippen molar-refractivity contribution >= 4 is 11.9 Å².